The number of halogens is 3. The van der Waals surface area contributed by atoms with Gasteiger partial charge in [0.05, 0.1) is 43.5 Å². The Bertz CT molecular complexity index is 1710. The lowest BCUT2D eigenvalue weighted by molar-refractivity contribution is -0.137. The number of ether oxygens (including phenoxy) is 1. The molecule has 0 spiro atoms. The largest absolute Gasteiger partial charge is 0.495 e. The lowest BCUT2D eigenvalue weighted by Gasteiger charge is -2.18. The summed E-state index contributed by atoms with van der Waals surface area (Å²) in [5, 5.41) is 18.6. The molecule has 2 heterocycles. The first-order valence-electron chi connectivity index (χ1n) is 13.1. The van der Waals surface area contributed by atoms with Crippen molar-refractivity contribution in [3.05, 3.63) is 71.7 Å². The Labute approximate surface area is 254 Å². The van der Waals surface area contributed by atoms with Crippen LogP contribution in [0.3, 0.4) is 0 Å². The highest BCUT2D eigenvalue weighted by atomic mass is 31.2. The van der Waals surface area contributed by atoms with Gasteiger partial charge in [0, 0.05) is 31.1 Å². The van der Waals surface area contributed by atoms with Gasteiger partial charge in [-0.15, -0.1) is 0 Å². The Kier molecular flexibility index (Phi) is 10.4. The number of carbonyl (C=O) groups is 1. The monoisotopic (exact) mass is 651 g/mol. The first-order chi connectivity index (χ1) is 21.3. The van der Waals surface area contributed by atoms with Crippen LogP contribution in [-0.2, 0) is 28.3 Å². The zero-order valence-electron chi connectivity index (χ0n) is 23.9. The molecular formula is C27H29F3N7O7P. The molecule has 0 bridgehead atoms. The molecule has 0 unspecified atom stereocenters. The minimum Gasteiger partial charge on any atom is -0.495 e. The van der Waals surface area contributed by atoms with Crippen molar-refractivity contribution in [2.24, 2.45) is 0 Å². The highest BCUT2D eigenvalue weighted by molar-refractivity contribution is 7.50. The number of methoxy groups -OCH3 is 1. The van der Waals surface area contributed by atoms with Gasteiger partial charge in [-0.2, -0.15) is 23.3 Å². The molecule has 18 heteroatoms. The second kappa shape index (κ2) is 14.0. The zero-order chi connectivity index (χ0) is 32.8. The standard InChI is InChI=1S/C27H29F3N7O7P/c1-43-23-10-16(15-45(40,41)42)4-6-22(23)34-26-31-13-20(27(28,29)30)24(35-26)33-21-7-5-17(11-19(21)25(39)36-44-2)18-12-32-37(14-18)8-3-9-38/h4-7,10-14,38H,3,8-9,15H2,1-2H3,(H,36,39)(H2,40,41,42)(H2,31,33,34,35). The smallest absolute Gasteiger partial charge is 0.421 e. The van der Waals surface area contributed by atoms with Crippen LogP contribution in [0, 0.1) is 0 Å². The average Bonchev–Trinajstić information content (AvgIpc) is 3.45. The van der Waals surface area contributed by atoms with Crippen molar-refractivity contribution in [3.8, 4) is 16.9 Å². The fourth-order valence-electron chi connectivity index (χ4n) is 4.20. The molecule has 0 saturated heterocycles. The Morgan fingerprint density at radius 3 is 2.47 bits per heavy atom. The van der Waals surface area contributed by atoms with E-state index in [0.717, 1.165) is 0 Å². The van der Waals surface area contributed by atoms with Crippen LogP contribution in [-0.4, -0.2) is 61.4 Å². The molecule has 0 aliphatic rings. The van der Waals surface area contributed by atoms with Gasteiger partial charge >= 0.3 is 13.8 Å². The third kappa shape index (κ3) is 8.77. The Balaban J connectivity index is 1.70. The van der Waals surface area contributed by atoms with Gasteiger partial charge in [0.25, 0.3) is 5.91 Å². The van der Waals surface area contributed by atoms with Crippen LogP contribution in [0.15, 0.2) is 55.0 Å². The maximum absolute atomic E-state index is 14.0. The fraction of sp³-hybridized carbons (Fsp3) is 0.259. The number of aromatic nitrogens is 4. The number of alkyl halides is 3. The van der Waals surface area contributed by atoms with Crippen molar-refractivity contribution in [1.29, 1.82) is 0 Å². The normalized spacial score (nSPS) is 11.7. The van der Waals surface area contributed by atoms with Crippen LogP contribution in [0.25, 0.3) is 11.1 Å². The van der Waals surface area contributed by atoms with Gasteiger partial charge in [-0.05, 0) is 41.8 Å². The Hall–Kier alpha value is -4.54. The van der Waals surface area contributed by atoms with E-state index in [1.54, 1.807) is 23.1 Å². The fourth-order valence-corrected chi connectivity index (χ4v) is 4.88. The molecular weight excluding hydrogens is 622 g/mol. The summed E-state index contributed by atoms with van der Waals surface area (Å²) in [6, 6.07) is 8.62. The van der Waals surface area contributed by atoms with Crippen molar-refractivity contribution in [2.45, 2.75) is 25.3 Å². The van der Waals surface area contributed by atoms with E-state index in [1.165, 1.54) is 44.6 Å². The highest BCUT2D eigenvalue weighted by Crippen LogP contribution is 2.41. The van der Waals surface area contributed by atoms with E-state index in [4.69, 9.17) is 14.7 Å². The number of amides is 1. The van der Waals surface area contributed by atoms with Gasteiger partial charge in [-0.25, -0.2) is 10.5 Å². The molecule has 0 atom stereocenters. The molecule has 4 rings (SSSR count). The minimum atomic E-state index is -4.87. The lowest BCUT2D eigenvalue weighted by Crippen LogP contribution is -2.23. The Morgan fingerprint density at radius 2 is 1.80 bits per heavy atom. The maximum atomic E-state index is 14.0. The van der Waals surface area contributed by atoms with Crippen molar-refractivity contribution in [3.63, 3.8) is 0 Å². The van der Waals surface area contributed by atoms with Crippen LogP contribution in [0.1, 0.15) is 27.9 Å². The molecule has 6 N–H and O–H groups in total. The van der Waals surface area contributed by atoms with Crippen molar-refractivity contribution >= 4 is 36.6 Å². The second-order valence-corrected chi connectivity index (χ2v) is 11.2. The molecule has 0 aliphatic heterocycles. The van der Waals surface area contributed by atoms with E-state index in [1.807, 2.05) is 0 Å². The predicted octanol–water partition coefficient (Wildman–Crippen LogP) is 4.21. The second-order valence-electron chi connectivity index (χ2n) is 9.53. The number of anilines is 4. The SMILES string of the molecule is CONC(=O)c1cc(-c2cnn(CCCO)c2)ccc1Nc1nc(Nc2ccc(CP(=O)(O)O)cc2OC)ncc1C(F)(F)F. The zero-order valence-corrected chi connectivity index (χ0v) is 24.8. The molecule has 4 aromatic rings. The number of aryl methyl sites for hydroxylation is 1. The number of nitrogens with zero attached hydrogens (tertiary/aromatic N) is 4. The summed E-state index contributed by atoms with van der Waals surface area (Å²) >= 11 is 0. The number of hydroxylamine groups is 1. The first kappa shape index (κ1) is 33.4. The van der Waals surface area contributed by atoms with E-state index < -0.39 is 37.2 Å². The third-order valence-corrected chi connectivity index (χ3v) is 7.00. The molecule has 14 nitrogen and oxygen atoms in total. The number of nitrogens with one attached hydrogen (secondary N) is 3. The molecule has 0 fully saturated rings. The maximum Gasteiger partial charge on any atom is 0.421 e. The van der Waals surface area contributed by atoms with Crippen molar-refractivity contribution in [2.75, 3.05) is 31.5 Å². The summed E-state index contributed by atoms with van der Waals surface area (Å²) in [7, 11) is -1.86. The highest BCUT2D eigenvalue weighted by Gasteiger charge is 2.36. The van der Waals surface area contributed by atoms with Gasteiger partial charge in [0.1, 0.15) is 17.1 Å². The van der Waals surface area contributed by atoms with Gasteiger partial charge in [-0.1, -0.05) is 12.1 Å². The van der Waals surface area contributed by atoms with Gasteiger partial charge in [0.2, 0.25) is 5.95 Å². The van der Waals surface area contributed by atoms with E-state index in [2.05, 4.69) is 31.2 Å². The number of hydrogen-bond acceptors (Lipinski definition) is 10. The number of benzene rings is 2. The van der Waals surface area contributed by atoms with Crippen LogP contribution >= 0.6 is 7.60 Å². The molecule has 0 radical (unpaired) electrons. The van der Waals surface area contributed by atoms with Gasteiger partial charge in [0.15, 0.2) is 0 Å². The number of rotatable bonds is 13. The number of aliphatic hydroxyl groups is 1. The van der Waals surface area contributed by atoms with E-state index in [9.17, 15) is 32.3 Å². The van der Waals surface area contributed by atoms with E-state index >= 15 is 0 Å². The summed E-state index contributed by atoms with van der Waals surface area (Å²) in [5.41, 5.74) is 2.48. The lowest BCUT2D eigenvalue weighted by atomic mass is 10.0. The average molecular weight is 652 g/mol. The summed E-state index contributed by atoms with van der Waals surface area (Å²) in [4.78, 5) is 44.0. The molecule has 2 aromatic heterocycles. The predicted molar refractivity (Wildman–Crippen MR) is 156 cm³/mol. The first-order valence-corrected chi connectivity index (χ1v) is 14.9. The summed E-state index contributed by atoms with van der Waals surface area (Å²) < 4.78 is 60.3. The summed E-state index contributed by atoms with van der Waals surface area (Å²) in [5.74, 6) is -1.57. The van der Waals surface area contributed by atoms with Crippen LogP contribution in [0.4, 0.5) is 36.3 Å². The molecule has 45 heavy (non-hydrogen) atoms. The molecule has 240 valence electrons. The summed E-state index contributed by atoms with van der Waals surface area (Å²) in [6.07, 6.45) is -1.12. The molecule has 2 aromatic carbocycles. The summed E-state index contributed by atoms with van der Waals surface area (Å²) in [6.45, 7) is 0.442. The quantitative estimate of drug-likeness (QED) is 0.0893. The third-order valence-electron chi connectivity index (χ3n) is 6.22. The van der Waals surface area contributed by atoms with Crippen molar-refractivity contribution in [1.82, 2.24) is 25.2 Å². The molecule has 0 aliphatic carbocycles. The number of aliphatic hydroxyl groups excluding tert-OH is 1. The molecule has 1 amide bonds. The van der Waals surface area contributed by atoms with Crippen LogP contribution < -0.4 is 20.9 Å². The van der Waals surface area contributed by atoms with Gasteiger partial charge in [-0.3, -0.25) is 18.9 Å². The Morgan fingerprint density at radius 1 is 1.04 bits per heavy atom. The van der Waals surface area contributed by atoms with E-state index in [0.29, 0.717) is 30.3 Å². The van der Waals surface area contributed by atoms with Crippen LogP contribution in [0.5, 0.6) is 5.75 Å². The number of hydrogen-bond donors (Lipinski definition) is 6. The van der Waals surface area contributed by atoms with E-state index in [-0.39, 0.29) is 40.8 Å². The molecule has 0 saturated carbocycles. The van der Waals surface area contributed by atoms with Crippen molar-refractivity contribution < 1.29 is 47.0 Å². The number of carbonyl (C=O) groups excluding carboxylic acids is 1. The minimum absolute atomic E-state index is 0.0176. The topological polar surface area (TPSA) is 193 Å². The van der Waals surface area contributed by atoms with Gasteiger partial charge < -0.3 is 30.3 Å². The van der Waals surface area contributed by atoms with Crippen LogP contribution in [0.2, 0.25) is 0 Å².